The maximum Gasteiger partial charge on any atom is 0.338 e. The molecule has 0 aromatic heterocycles. The van der Waals surface area contributed by atoms with Crippen molar-refractivity contribution in [1.82, 2.24) is 0 Å². The lowest BCUT2D eigenvalue weighted by molar-refractivity contribution is 0.0472. The van der Waals surface area contributed by atoms with Crippen LogP contribution in [0, 0.1) is 25.2 Å². The SMILES string of the molecule is Cc1cc(C(=O)OCc2ccc(-c3ccccc3C#N)cc2)cc(S(N)(=O)=O)c1C. The number of esters is 1. The van der Waals surface area contributed by atoms with Gasteiger partial charge in [0.15, 0.2) is 0 Å². The molecule has 0 aliphatic carbocycles. The van der Waals surface area contributed by atoms with Gasteiger partial charge in [0.25, 0.3) is 0 Å². The number of ether oxygens (including phenoxy) is 1. The van der Waals surface area contributed by atoms with Crippen molar-refractivity contribution in [2.75, 3.05) is 0 Å². The molecular formula is C23H20N2O4S. The van der Waals surface area contributed by atoms with Gasteiger partial charge in [-0.1, -0.05) is 42.5 Å². The average Bonchev–Trinajstić information content (AvgIpc) is 2.73. The van der Waals surface area contributed by atoms with E-state index in [0.29, 0.717) is 16.7 Å². The molecule has 0 aliphatic heterocycles. The molecule has 0 spiro atoms. The van der Waals surface area contributed by atoms with Gasteiger partial charge >= 0.3 is 5.97 Å². The van der Waals surface area contributed by atoms with Gasteiger partial charge in [-0.3, -0.25) is 0 Å². The molecule has 0 amide bonds. The number of primary sulfonamides is 1. The van der Waals surface area contributed by atoms with Gasteiger partial charge in [-0.05, 0) is 59.9 Å². The molecule has 0 atom stereocenters. The lowest BCUT2D eigenvalue weighted by Gasteiger charge is -2.11. The minimum atomic E-state index is -3.95. The van der Waals surface area contributed by atoms with Crippen LogP contribution in [0.25, 0.3) is 11.1 Å². The summed E-state index contributed by atoms with van der Waals surface area (Å²) in [6.07, 6.45) is 0. The maximum atomic E-state index is 12.4. The van der Waals surface area contributed by atoms with Crippen LogP contribution in [-0.4, -0.2) is 14.4 Å². The van der Waals surface area contributed by atoms with Crippen molar-refractivity contribution in [2.24, 2.45) is 5.14 Å². The molecule has 3 rings (SSSR count). The van der Waals surface area contributed by atoms with Gasteiger partial charge in [0.2, 0.25) is 10.0 Å². The van der Waals surface area contributed by atoms with Crippen LogP contribution >= 0.6 is 0 Å². The normalized spacial score (nSPS) is 11.0. The van der Waals surface area contributed by atoms with Crippen LogP contribution < -0.4 is 5.14 Å². The Bertz CT molecular complexity index is 1260. The Kier molecular flexibility index (Phi) is 6.01. The lowest BCUT2D eigenvalue weighted by atomic mass is 9.99. The first-order valence-electron chi connectivity index (χ1n) is 9.10. The molecule has 6 nitrogen and oxygen atoms in total. The van der Waals surface area contributed by atoms with Crippen LogP contribution in [0.4, 0.5) is 0 Å². The molecule has 0 heterocycles. The Morgan fingerprint density at radius 3 is 2.37 bits per heavy atom. The molecule has 3 aromatic rings. The van der Waals surface area contributed by atoms with Crippen LogP contribution in [-0.2, 0) is 21.4 Å². The van der Waals surface area contributed by atoms with Crippen LogP contribution in [0.5, 0.6) is 0 Å². The van der Waals surface area contributed by atoms with E-state index >= 15 is 0 Å². The topological polar surface area (TPSA) is 110 Å². The molecule has 0 saturated carbocycles. The number of carbonyl (C=O) groups excluding carboxylic acids is 1. The lowest BCUT2D eigenvalue weighted by Crippen LogP contribution is -2.16. The van der Waals surface area contributed by atoms with Gasteiger partial charge in [0.1, 0.15) is 6.61 Å². The monoisotopic (exact) mass is 420 g/mol. The molecule has 0 fully saturated rings. The van der Waals surface area contributed by atoms with E-state index in [0.717, 1.165) is 16.7 Å². The number of nitrogens with two attached hydrogens (primary N) is 1. The fourth-order valence-corrected chi connectivity index (χ4v) is 3.96. The Balaban J connectivity index is 1.76. The van der Waals surface area contributed by atoms with Crippen molar-refractivity contribution in [1.29, 1.82) is 5.26 Å². The average molecular weight is 420 g/mol. The zero-order valence-corrected chi connectivity index (χ0v) is 17.4. The van der Waals surface area contributed by atoms with Gasteiger partial charge in [-0.25, -0.2) is 18.4 Å². The van der Waals surface area contributed by atoms with E-state index in [9.17, 15) is 18.5 Å². The van der Waals surface area contributed by atoms with Gasteiger partial charge in [-0.2, -0.15) is 5.26 Å². The summed E-state index contributed by atoms with van der Waals surface area (Å²) in [6.45, 7) is 3.37. The fourth-order valence-electron chi connectivity index (χ4n) is 3.09. The minimum Gasteiger partial charge on any atom is -0.457 e. The summed E-state index contributed by atoms with van der Waals surface area (Å²) in [7, 11) is -3.95. The van der Waals surface area contributed by atoms with Crippen molar-refractivity contribution < 1.29 is 17.9 Å². The van der Waals surface area contributed by atoms with E-state index in [1.54, 1.807) is 26.0 Å². The van der Waals surface area contributed by atoms with E-state index in [2.05, 4.69) is 6.07 Å². The Hall–Kier alpha value is -3.47. The molecule has 30 heavy (non-hydrogen) atoms. The highest BCUT2D eigenvalue weighted by molar-refractivity contribution is 7.89. The predicted octanol–water partition coefficient (Wildman–Crippen LogP) is 3.85. The summed E-state index contributed by atoms with van der Waals surface area (Å²) in [5, 5.41) is 14.5. The van der Waals surface area contributed by atoms with Gasteiger partial charge < -0.3 is 4.74 Å². The number of hydrogen-bond acceptors (Lipinski definition) is 5. The number of rotatable bonds is 5. The molecule has 0 aliphatic rings. The van der Waals surface area contributed by atoms with Crippen LogP contribution in [0.2, 0.25) is 0 Å². The van der Waals surface area contributed by atoms with E-state index in [4.69, 9.17) is 9.88 Å². The smallest absolute Gasteiger partial charge is 0.338 e. The number of carbonyl (C=O) groups is 1. The summed E-state index contributed by atoms with van der Waals surface area (Å²) in [6, 6.07) is 19.6. The Labute approximate surface area is 175 Å². The minimum absolute atomic E-state index is 0.0244. The second-order valence-electron chi connectivity index (χ2n) is 6.89. The van der Waals surface area contributed by atoms with E-state index in [-0.39, 0.29) is 17.1 Å². The standard InChI is InChI=1S/C23H20N2O4S/c1-15-11-20(12-22(16(15)2)30(25,27)28)23(26)29-14-17-7-9-18(10-8-17)21-6-4-3-5-19(21)13-24/h3-12H,14H2,1-2H3,(H2,25,27,28). The van der Waals surface area contributed by atoms with Gasteiger partial charge in [-0.15, -0.1) is 0 Å². The predicted molar refractivity (Wildman–Crippen MR) is 113 cm³/mol. The second-order valence-corrected chi connectivity index (χ2v) is 8.42. The van der Waals surface area contributed by atoms with E-state index in [1.165, 1.54) is 6.07 Å². The summed E-state index contributed by atoms with van der Waals surface area (Å²) < 4.78 is 28.9. The largest absolute Gasteiger partial charge is 0.457 e. The fraction of sp³-hybridized carbons (Fsp3) is 0.130. The highest BCUT2D eigenvalue weighted by atomic mass is 32.2. The second kappa shape index (κ2) is 8.49. The third-order valence-corrected chi connectivity index (χ3v) is 5.88. The van der Waals surface area contributed by atoms with E-state index in [1.807, 2.05) is 42.5 Å². The number of aryl methyl sites for hydroxylation is 1. The quantitative estimate of drug-likeness (QED) is 0.631. The maximum absolute atomic E-state index is 12.4. The van der Waals surface area contributed by atoms with Crippen molar-refractivity contribution in [3.05, 3.63) is 88.5 Å². The molecule has 2 N–H and O–H groups in total. The number of sulfonamides is 1. The first-order chi connectivity index (χ1) is 14.2. The number of hydrogen-bond donors (Lipinski definition) is 1. The van der Waals surface area contributed by atoms with Crippen LogP contribution in [0.1, 0.15) is 32.6 Å². The summed E-state index contributed by atoms with van der Waals surface area (Å²) >= 11 is 0. The Morgan fingerprint density at radius 2 is 1.73 bits per heavy atom. The molecule has 3 aromatic carbocycles. The first kappa shape index (κ1) is 21.2. The molecule has 0 bridgehead atoms. The summed E-state index contributed by atoms with van der Waals surface area (Å²) in [4.78, 5) is 12.4. The zero-order valence-electron chi connectivity index (χ0n) is 16.5. The zero-order chi connectivity index (χ0) is 21.9. The molecule has 152 valence electrons. The molecule has 0 unspecified atom stereocenters. The van der Waals surface area contributed by atoms with Crippen LogP contribution in [0.15, 0.2) is 65.6 Å². The number of nitrogens with zero attached hydrogens (tertiary/aromatic N) is 1. The summed E-state index contributed by atoms with van der Waals surface area (Å²) in [5.41, 5.74) is 4.32. The van der Waals surface area contributed by atoms with Crippen molar-refractivity contribution in [2.45, 2.75) is 25.3 Å². The first-order valence-corrected chi connectivity index (χ1v) is 10.6. The van der Waals surface area contributed by atoms with Crippen molar-refractivity contribution in [3.8, 4) is 17.2 Å². The molecular weight excluding hydrogens is 400 g/mol. The van der Waals surface area contributed by atoms with E-state index < -0.39 is 16.0 Å². The third kappa shape index (κ3) is 4.57. The number of nitriles is 1. The number of benzene rings is 3. The summed E-state index contributed by atoms with van der Waals surface area (Å²) in [5.74, 6) is -0.637. The van der Waals surface area contributed by atoms with Crippen molar-refractivity contribution in [3.63, 3.8) is 0 Å². The third-order valence-electron chi connectivity index (χ3n) is 4.84. The van der Waals surface area contributed by atoms with Gasteiger partial charge in [0.05, 0.1) is 22.1 Å². The van der Waals surface area contributed by atoms with Gasteiger partial charge in [0, 0.05) is 0 Å². The van der Waals surface area contributed by atoms with Crippen LogP contribution in [0.3, 0.4) is 0 Å². The Morgan fingerprint density at radius 1 is 1.07 bits per heavy atom. The van der Waals surface area contributed by atoms with Crippen molar-refractivity contribution >= 4 is 16.0 Å². The highest BCUT2D eigenvalue weighted by Crippen LogP contribution is 2.24. The molecule has 7 heteroatoms. The molecule has 0 saturated heterocycles. The molecule has 0 radical (unpaired) electrons. The highest BCUT2D eigenvalue weighted by Gasteiger charge is 2.18.